The van der Waals surface area contributed by atoms with E-state index >= 15 is 0 Å². The standard InChI is InChI=1S/C26H35F3N2O.C9H15NO/c1-6-15-31(19-26(27,28)29)16-7-8-23-10-12-24(13-11-23)17-21(4)30-18-25(20(2)3)14-9-22(5)32;1-3-5-8-6-10(7-8)9(11)4-2/h9-14,18H,4,6-8,15-17,19H2,1-3,5H3;4,8H,2-3,5-7H2,1H3/b14-9-,30-18?;. The lowest BCUT2D eigenvalue weighted by molar-refractivity contribution is -0.146. The summed E-state index contributed by atoms with van der Waals surface area (Å²) >= 11 is 0. The lowest BCUT2D eigenvalue weighted by atomic mass is 9.95. The number of allylic oxidation sites excluding steroid dienone is 5. The number of likely N-dealkylation sites (tertiary alicyclic amines) is 1. The molecule has 0 spiro atoms. The average Bonchev–Trinajstić information content (AvgIpc) is 2.90. The minimum atomic E-state index is -4.15. The van der Waals surface area contributed by atoms with Crippen molar-refractivity contribution in [2.45, 2.75) is 79.3 Å². The van der Waals surface area contributed by atoms with Crippen LogP contribution in [0.4, 0.5) is 13.2 Å². The molecular formula is C35H50F3N3O2. The second kappa shape index (κ2) is 19.8. The molecule has 1 fully saturated rings. The average molecular weight is 602 g/mol. The first-order valence-corrected chi connectivity index (χ1v) is 15.1. The highest BCUT2D eigenvalue weighted by Gasteiger charge is 2.30. The van der Waals surface area contributed by atoms with Gasteiger partial charge >= 0.3 is 6.18 Å². The molecule has 0 unspecified atom stereocenters. The molecule has 0 bridgehead atoms. The van der Waals surface area contributed by atoms with Crippen LogP contribution in [0.5, 0.6) is 0 Å². The SMILES string of the molecule is C=C(Cc1ccc(CCCN(CCC)CC(F)(F)F)cc1)N=CC(/C=C\C(C)=O)=C(C)C.C=CC(=O)N1CC(CCC)C1. The first kappa shape index (κ1) is 37.8. The smallest absolute Gasteiger partial charge is 0.338 e. The summed E-state index contributed by atoms with van der Waals surface area (Å²) in [5.41, 5.74) is 4.80. The number of benzene rings is 1. The van der Waals surface area contributed by atoms with E-state index in [1.54, 1.807) is 12.3 Å². The molecule has 1 amide bonds. The zero-order chi connectivity index (χ0) is 32.4. The molecule has 0 saturated carbocycles. The van der Waals surface area contributed by atoms with E-state index in [-0.39, 0.29) is 11.7 Å². The summed E-state index contributed by atoms with van der Waals surface area (Å²) < 4.78 is 38.0. The molecule has 0 radical (unpaired) electrons. The second-order valence-electron chi connectivity index (χ2n) is 11.3. The van der Waals surface area contributed by atoms with Gasteiger partial charge < -0.3 is 4.90 Å². The van der Waals surface area contributed by atoms with Crippen LogP contribution >= 0.6 is 0 Å². The summed E-state index contributed by atoms with van der Waals surface area (Å²) in [4.78, 5) is 29.8. The van der Waals surface area contributed by atoms with E-state index < -0.39 is 12.7 Å². The zero-order valence-electron chi connectivity index (χ0n) is 26.7. The van der Waals surface area contributed by atoms with Gasteiger partial charge in [0.2, 0.25) is 5.91 Å². The number of alkyl halides is 3. The Morgan fingerprint density at radius 1 is 1.02 bits per heavy atom. The van der Waals surface area contributed by atoms with Crippen LogP contribution in [0.15, 0.2) is 77.5 Å². The largest absolute Gasteiger partial charge is 0.401 e. The number of hydrogen-bond acceptors (Lipinski definition) is 4. The van der Waals surface area contributed by atoms with Crippen LogP contribution in [0, 0.1) is 5.92 Å². The molecule has 238 valence electrons. The van der Waals surface area contributed by atoms with Crippen molar-refractivity contribution in [2.75, 3.05) is 32.7 Å². The molecule has 1 aromatic carbocycles. The number of hydrogen-bond donors (Lipinski definition) is 0. The third kappa shape index (κ3) is 16.8. The number of amides is 1. The van der Waals surface area contributed by atoms with E-state index in [1.807, 2.05) is 49.9 Å². The Balaban J connectivity index is 0.000000699. The molecule has 0 aliphatic carbocycles. The Kier molecular flexibility index (Phi) is 17.4. The summed E-state index contributed by atoms with van der Waals surface area (Å²) in [6, 6.07) is 8.04. The quantitative estimate of drug-likeness (QED) is 0.110. The molecule has 1 heterocycles. The molecule has 5 nitrogen and oxygen atoms in total. The maximum absolute atomic E-state index is 12.7. The van der Waals surface area contributed by atoms with Gasteiger partial charge in [0.05, 0.1) is 6.54 Å². The molecule has 0 atom stereocenters. The van der Waals surface area contributed by atoms with Gasteiger partial charge in [-0.05, 0) is 100 Å². The number of aliphatic imine (C=N–C) groups is 1. The second-order valence-corrected chi connectivity index (χ2v) is 11.3. The Morgan fingerprint density at radius 3 is 2.16 bits per heavy atom. The van der Waals surface area contributed by atoms with Gasteiger partial charge in [-0.3, -0.25) is 19.5 Å². The molecule has 2 rings (SSSR count). The van der Waals surface area contributed by atoms with Gasteiger partial charge in [0.1, 0.15) is 0 Å². The number of rotatable bonds is 16. The van der Waals surface area contributed by atoms with E-state index in [2.05, 4.69) is 25.1 Å². The topological polar surface area (TPSA) is 53.0 Å². The Hall–Kier alpha value is -3.26. The minimum Gasteiger partial charge on any atom is -0.338 e. The highest BCUT2D eigenvalue weighted by Crippen LogP contribution is 2.20. The Morgan fingerprint density at radius 2 is 1.65 bits per heavy atom. The van der Waals surface area contributed by atoms with Crippen molar-refractivity contribution in [2.24, 2.45) is 10.9 Å². The molecule has 1 aliphatic heterocycles. The van der Waals surface area contributed by atoms with Crippen LogP contribution < -0.4 is 0 Å². The van der Waals surface area contributed by atoms with E-state index in [9.17, 15) is 22.8 Å². The maximum Gasteiger partial charge on any atom is 0.401 e. The van der Waals surface area contributed by atoms with E-state index in [4.69, 9.17) is 0 Å². The van der Waals surface area contributed by atoms with Crippen LogP contribution in [0.2, 0.25) is 0 Å². The first-order valence-electron chi connectivity index (χ1n) is 15.1. The predicted octanol–water partition coefficient (Wildman–Crippen LogP) is 7.93. The van der Waals surface area contributed by atoms with Gasteiger partial charge in [0.25, 0.3) is 0 Å². The van der Waals surface area contributed by atoms with Gasteiger partial charge in [-0.15, -0.1) is 0 Å². The van der Waals surface area contributed by atoms with Crippen LogP contribution in [-0.2, 0) is 22.4 Å². The maximum atomic E-state index is 12.7. The third-order valence-electron chi connectivity index (χ3n) is 6.92. The van der Waals surface area contributed by atoms with Gasteiger partial charge in [0, 0.05) is 31.4 Å². The molecule has 43 heavy (non-hydrogen) atoms. The third-order valence-corrected chi connectivity index (χ3v) is 6.92. The molecule has 8 heteroatoms. The van der Waals surface area contributed by atoms with Crippen LogP contribution in [0.1, 0.15) is 71.4 Å². The van der Waals surface area contributed by atoms with Gasteiger partial charge in [-0.25, -0.2) is 0 Å². The van der Waals surface area contributed by atoms with Gasteiger partial charge in [0.15, 0.2) is 5.78 Å². The summed E-state index contributed by atoms with van der Waals surface area (Å²) in [5, 5.41) is 0. The summed E-state index contributed by atoms with van der Waals surface area (Å²) in [6.07, 6.45) is 7.42. The van der Waals surface area contributed by atoms with Crippen molar-refractivity contribution in [3.05, 3.63) is 83.6 Å². The lowest BCUT2D eigenvalue weighted by Gasteiger charge is -2.38. The number of carbonyl (C=O) groups excluding carboxylic acids is 2. The normalized spacial score (nSPS) is 13.6. The monoisotopic (exact) mass is 601 g/mol. The molecule has 0 N–H and O–H groups in total. The molecule has 0 aromatic heterocycles. The summed E-state index contributed by atoms with van der Waals surface area (Å²) in [6.45, 7) is 18.9. The molecule has 1 saturated heterocycles. The predicted molar refractivity (Wildman–Crippen MR) is 172 cm³/mol. The number of halogens is 3. The number of carbonyl (C=O) groups is 2. The Labute approximate surface area is 256 Å². The highest BCUT2D eigenvalue weighted by molar-refractivity contribution is 5.91. The number of nitrogens with zero attached hydrogens (tertiary/aromatic N) is 3. The fraction of sp³-hybridized carbons (Fsp3) is 0.514. The van der Waals surface area contributed by atoms with Crippen molar-refractivity contribution in [3.63, 3.8) is 0 Å². The van der Waals surface area contributed by atoms with Crippen molar-refractivity contribution >= 4 is 17.9 Å². The molecule has 1 aliphatic rings. The van der Waals surface area contributed by atoms with Crippen molar-refractivity contribution in [1.82, 2.24) is 9.80 Å². The van der Waals surface area contributed by atoms with Crippen LogP contribution in [-0.4, -0.2) is 66.6 Å². The van der Waals surface area contributed by atoms with Crippen LogP contribution in [0.25, 0.3) is 0 Å². The fourth-order valence-corrected chi connectivity index (χ4v) is 4.63. The van der Waals surface area contributed by atoms with E-state index in [1.165, 1.54) is 36.8 Å². The highest BCUT2D eigenvalue weighted by atomic mass is 19.4. The zero-order valence-corrected chi connectivity index (χ0v) is 26.7. The first-order chi connectivity index (χ1) is 20.3. The van der Waals surface area contributed by atoms with Crippen molar-refractivity contribution in [1.29, 1.82) is 0 Å². The van der Waals surface area contributed by atoms with Crippen LogP contribution in [0.3, 0.4) is 0 Å². The number of ketones is 1. The number of aryl methyl sites for hydroxylation is 1. The summed E-state index contributed by atoms with van der Waals surface area (Å²) in [7, 11) is 0. The lowest BCUT2D eigenvalue weighted by Crippen LogP contribution is -2.49. The molecular weight excluding hydrogens is 551 g/mol. The van der Waals surface area contributed by atoms with Crippen molar-refractivity contribution in [3.8, 4) is 0 Å². The molecule has 1 aromatic rings. The Bertz CT molecular complexity index is 1120. The van der Waals surface area contributed by atoms with E-state index in [0.29, 0.717) is 38.0 Å². The van der Waals surface area contributed by atoms with Gasteiger partial charge in [-0.2, -0.15) is 13.2 Å². The van der Waals surface area contributed by atoms with E-state index in [0.717, 1.165) is 47.7 Å². The van der Waals surface area contributed by atoms with Gasteiger partial charge in [-0.1, -0.05) is 63.3 Å². The summed E-state index contributed by atoms with van der Waals surface area (Å²) in [5.74, 6) is 0.816. The fourth-order valence-electron chi connectivity index (χ4n) is 4.63. The minimum absolute atomic E-state index is 0.0190. The van der Waals surface area contributed by atoms with Crippen molar-refractivity contribution < 1.29 is 22.8 Å².